The first-order chi connectivity index (χ1) is 15.8. The fraction of sp³-hybridized carbons (Fsp3) is 0.364. The lowest BCUT2D eigenvalue weighted by Gasteiger charge is -2.30. The molecule has 33 heavy (non-hydrogen) atoms. The maximum Gasteiger partial charge on any atom is 0.252 e. The van der Waals surface area contributed by atoms with Gasteiger partial charge in [-0.25, -0.2) is 17.2 Å². The fourth-order valence-corrected chi connectivity index (χ4v) is 6.54. The number of rotatable bonds is 6. The molecule has 1 aliphatic heterocycles. The van der Waals surface area contributed by atoms with Crippen LogP contribution in [0.5, 0.6) is 0 Å². The average molecular weight is 496 g/mol. The number of fused-ring (bicyclic) bond motifs is 1. The molecular formula is C22H23F2N3O4S2. The van der Waals surface area contributed by atoms with Crippen molar-refractivity contribution in [3.63, 3.8) is 0 Å². The average Bonchev–Trinajstić information content (AvgIpc) is 3.15. The summed E-state index contributed by atoms with van der Waals surface area (Å²) in [5.74, 6) is -2.57. The van der Waals surface area contributed by atoms with Gasteiger partial charge >= 0.3 is 0 Å². The van der Waals surface area contributed by atoms with Crippen LogP contribution in [0.2, 0.25) is 0 Å². The molecule has 1 saturated heterocycles. The van der Waals surface area contributed by atoms with Crippen LogP contribution in [0.3, 0.4) is 0 Å². The molecule has 3 aromatic rings. The van der Waals surface area contributed by atoms with Gasteiger partial charge in [-0.05, 0) is 31.0 Å². The van der Waals surface area contributed by atoms with Gasteiger partial charge in [0.25, 0.3) is 5.91 Å². The lowest BCUT2D eigenvalue weighted by atomic mass is 9.99. The van der Waals surface area contributed by atoms with Crippen molar-refractivity contribution in [1.29, 1.82) is 0 Å². The molecule has 0 saturated carbocycles. The summed E-state index contributed by atoms with van der Waals surface area (Å²) in [4.78, 5) is 17.6. The minimum absolute atomic E-state index is 0.0194. The number of carbonyl (C=O) groups excluding carboxylic acids is 1. The van der Waals surface area contributed by atoms with Crippen LogP contribution in [-0.4, -0.2) is 50.0 Å². The number of aromatic nitrogens is 1. The number of hydrogen-bond donors (Lipinski definition) is 0. The summed E-state index contributed by atoms with van der Waals surface area (Å²) in [6, 6.07) is 10.1. The first-order valence-electron chi connectivity index (χ1n) is 10.4. The number of methoxy groups -OCH3 is 1. The van der Waals surface area contributed by atoms with Crippen molar-refractivity contribution in [3.05, 3.63) is 58.9 Å². The highest BCUT2D eigenvalue weighted by molar-refractivity contribution is 7.89. The molecule has 0 N–H and O–H groups in total. The van der Waals surface area contributed by atoms with E-state index in [9.17, 15) is 22.0 Å². The van der Waals surface area contributed by atoms with Gasteiger partial charge in [-0.3, -0.25) is 4.79 Å². The van der Waals surface area contributed by atoms with E-state index in [4.69, 9.17) is 4.74 Å². The van der Waals surface area contributed by atoms with E-state index < -0.39 is 33.5 Å². The summed E-state index contributed by atoms with van der Waals surface area (Å²) in [6.07, 6.45) is 1.02. The Morgan fingerprint density at radius 2 is 2.00 bits per heavy atom. The molecule has 1 atom stereocenters. The predicted octanol–water partition coefficient (Wildman–Crippen LogP) is 3.16. The molecule has 11 heteroatoms. The van der Waals surface area contributed by atoms with Gasteiger partial charge in [0.1, 0.15) is 5.82 Å². The summed E-state index contributed by atoms with van der Waals surface area (Å²) in [5, 5.41) is 0. The maximum atomic E-state index is 14.5. The Hall–Kier alpha value is -2.47. The van der Waals surface area contributed by atoms with Gasteiger partial charge in [-0.1, -0.05) is 29.5 Å². The molecule has 1 aromatic heterocycles. The largest absolute Gasteiger partial charge is 0.383 e. The van der Waals surface area contributed by atoms with Crippen LogP contribution in [0.15, 0.2) is 52.4 Å². The SMILES string of the molecule is COCCn1c(=NC(=O)C2CCCN(S(=O)(=O)c3ccccc3)C2)sc2cc(F)cc(F)c21. The molecule has 0 radical (unpaired) electrons. The summed E-state index contributed by atoms with van der Waals surface area (Å²) in [6.45, 7) is 0.814. The van der Waals surface area contributed by atoms with E-state index >= 15 is 0 Å². The van der Waals surface area contributed by atoms with Crippen molar-refractivity contribution in [1.82, 2.24) is 8.87 Å². The van der Waals surface area contributed by atoms with Crippen molar-refractivity contribution in [2.24, 2.45) is 10.9 Å². The van der Waals surface area contributed by atoms with Gasteiger partial charge in [-0.15, -0.1) is 0 Å². The second-order valence-electron chi connectivity index (χ2n) is 7.73. The first kappa shape index (κ1) is 23.7. The standard InChI is InChI=1S/C22H23F2N3O4S2/c1-31-11-10-27-20-18(24)12-16(23)13-19(20)32-22(27)25-21(28)15-6-5-9-26(14-15)33(29,30)17-7-3-2-4-8-17/h2-4,7-8,12-13,15H,5-6,9-11,14H2,1H3. The monoisotopic (exact) mass is 495 g/mol. The quantitative estimate of drug-likeness (QED) is 0.526. The summed E-state index contributed by atoms with van der Waals surface area (Å²) >= 11 is 1.01. The molecule has 2 aromatic carbocycles. The van der Waals surface area contributed by atoms with E-state index in [1.165, 1.54) is 34.2 Å². The number of carbonyl (C=O) groups is 1. The van der Waals surface area contributed by atoms with Crippen molar-refractivity contribution in [2.45, 2.75) is 24.3 Å². The van der Waals surface area contributed by atoms with Crippen LogP contribution in [0.1, 0.15) is 12.8 Å². The number of amides is 1. The van der Waals surface area contributed by atoms with E-state index in [2.05, 4.69) is 4.99 Å². The number of benzene rings is 2. The number of halogens is 2. The Labute approximate surface area is 194 Å². The summed E-state index contributed by atoms with van der Waals surface area (Å²) in [5.41, 5.74) is 0.155. The predicted molar refractivity (Wildman–Crippen MR) is 120 cm³/mol. The maximum absolute atomic E-state index is 14.5. The normalized spacial score (nSPS) is 18.2. The Balaban J connectivity index is 1.66. The van der Waals surface area contributed by atoms with Crippen molar-refractivity contribution in [2.75, 3.05) is 26.8 Å². The van der Waals surface area contributed by atoms with E-state index in [1.807, 2.05) is 0 Å². The van der Waals surface area contributed by atoms with Gasteiger partial charge in [0.15, 0.2) is 10.6 Å². The van der Waals surface area contributed by atoms with E-state index in [0.717, 1.165) is 17.4 Å². The third kappa shape index (κ3) is 4.91. The molecule has 2 heterocycles. The summed E-state index contributed by atoms with van der Waals surface area (Å²) in [7, 11) is -2.23. The third-order valence-corrected chi connectivity index (χ3v) is 8.44. The van der Waals surface area contributed by atoms with Gasteiger partial charge in [0, 0.05) is 32.8 Å². The molecule has 1 fully saturated rings. The fourth-order valence-electron chi connectivity index (χ4n) is 3.89. The molecule has 0 spiro atoms. The first-order valence-corrected chi connectivity index (χ1v) is 12.7. The minimum Gasteiger partial charge on any atom is -0.383 e. The lowest BCUT2D eigenvalue weighted by molar-refractivity contribution is -0.122. The molecule has 0 bridgehead atoms. The number of thiazole rings is 1. The highest BCUT2D eigenvalue weighted by Gasteiger charge is 2.33. The van der Waals surface area contributed by atoms with Crippen LogP contribution in [0.25, 0.3) is 10.2 Å². The number of nitrogens with zero attached hydrogens (tertiary/aromatic N) is 3. The minimum atomic E-state index is -3.72. The van der Waals surface area contributed by atoms with Gasteiger partial charge in [0.2, 0.25) is 10.0 Å². The zero-order valence-corrected chi connectivity index (χ0v) is 19.5. The second-order valence-corrected chi connectivity index (χ2v) is 10.7. The molecule has 0 aliphatic carbocycles. The molecule has 7 nitrogen and oxygen atoms in total. The molecule has 1 unspecified atom stereocenters. The van der Waals surface area contributed by atoms with Gasteiger partial charge < -0.3 is 9.30 Å². The zero-order valence-electron chi connectivity index (χ0n) is 17.9. The number of piperidine rings is 1. The van der Waals surface area contributed by atoms with Crippen molar-refractivity contribution >= 4 is 37.5 Å². The highest BCUT2D eigenvalue weighted by Crippen LogP contribution is 2.25. The Kier molecular flexibility index (Phi) is 7.03. The topological polar surface area (TPSA) is 81.0 Å². The van der Waals surface area contributed by atoms with E-state index in [-0.39, 0.29) is 34.9 Å². The lowest BCUT2D eigenvalue weighted by Crippen LogP contribution is -2.42. The smallest absolute Gasteiger partial charge is 0.252 e. The van der Waals surface area contributed by atoms with E-state index in [1.54, 1.807) is 18.2 Å². The van der Waals surface area contributed by atoms with Crippen LogP contribution >= 0.6 is 11.3 Å². The number of ether oxygens (including phenoxy) is 1. The molecule has 1 amide bonds. The van der Waals surface area contributed by atoms with Crippen LogP contribution in [-0.2, 0) is 26.1 Å². The Bertz CT molecular complexity index is 1340. The van der Waals surface area contributed by atoms with Crippen molar-refractivity contribution < 1.29 is 26.7 Å². The number of hydrogen-bond acceptors (Lipinski definition) is 5. The van der Waals surface area contributed by atoms with Crippen LogP contribution in [0, 0.1) is 17.6 Å². The van der Waals surface area contributed by atoms with Crippen molar-refractivity contribution in [3.8, 4) is 0 Å². The van der Waals surface area contributed by atoms with Crippen LogP contribution < -0.4 is 4.80 Å². The highest BCUT2D eigenvalue weighted by atomic mass is 32.2. The molecular weight excluding hydrogens is 472 g/mol. The van der Waals surface area contributed by atoms with E-state index in [0.29, 0.717) is 24.1 Å². The Morgan fingerprint density at radius 3 is 2.73 bits per heavy atom. The zero-order chi connectivity index (χ0) is 23.6. The Morgan fingerprint density at radius 1 is 1.24 bits per heavy atom. The van der Waals surface area contributed by atoms with Gasteiger partial charge in [0.05, 0.1) is 27.6 Å². The number of sulfonamides is 1. The van der Waals surface area contributed by atoms with Crippen LogP contribution in [0.4, 0.5) is 8.78 Å². The third-order valence-electron chi connectivity index (χ3n) is 5.53. The molecule has 4 rings (SSSR count). The van der Waals surface area contributed by atoms with Gasteiger partial charge in [-0.2, -0.15) is 9.30 Å². The molecule has 1 aliphatic rings. The summed E-state index contributed by atoms with van der Waals surface area (Å²) < 4.78 is 62.3. The molecule has 176 valence electrons. The second kappa shape index (κ2) is 9.80.